The second-order valence-electron chi connectivity index (χ2n) is 11.5. The summed E-state index contributed by atoms with van der Waals surface area (Å²) in [6.45, 7) is 10.6. The minimum absolute atomic E-state index is 0.115. The number of aryl methyl sites for hydroxylation is 1. The van der Waals surface area contributed by atoms with Gasteiger partial charge in [0.25, 0.3) is 5.69 Å². The van der Waals surface area contributed by atoms with Crippen LogP contribution in [0, 0.1) is 17.0 Å². The lowest BCUT2D eigenvalue weighted by atomic mass is 9.88. The van der Waals surface area contributed by atoms with E-state index in [1.807, 2.05) is 39.0 Å². The minimum Gasteiger partial charge on any atom is -0.459 e. The zero-order valence-corrected chi connectivity index (χ0v) is 23.7. The topological polar surface area (TPSA) is 110 Å². The number of hydrogen-bond donors (Lipinski definition) is 1. The predicted molar refractivity (Wildman–Crippen MR) is 149 cm³/mol. The van der Waals surface area contributed by atoms with Crippen molar-refractivity contribution in [3.05, 3.63) is 69.0 Å². The lowest BCUT2D eigenvalue weighted by Crippen LogP contribution is -2.39. The molecule has 0 aliphatic carbocycles. The third kappa shape index (κ3) is 7.69. The van der Waals surface area contributed by atoms with E-state index in [2.05, 4.69) is 20.2 Å². The summed E-state index contributed by atoms with van der Waals surface area (Å²) in [6.07, 6.45) is -3.04. The van der Waals surface area contributed by atoms with Crippen LogP contribution in [0.2, 0.25) is 0 Å². The Morgan fingerprint density at radius 2 is 1.83 bits per heavy atom. The number of piperidine rings is 1. The molecule has 1 N–H and O–H groups in total. The van der Waals surface area contributed by atoms with E-state index in [-0.39, 0.29) is 24.0 Å². The maximum Gasteiger partial charge on any atom is 0.416 e. The molecule has 1 fully saturated rings. The predicted octanol–water partition coefficient (Wildman–Crippen LogP) is 6.56. The van der Waals surface area contributed by atoms with E-state index in [1.54, 1.807) is 13.8 Å². The molecule has 3 aromatic rings. The van der Waals surface area contributed by atoms with Crippen molar-refractivity contribution >= 4 is 28.4 Å². The number of alkyl halides is 3. The third-order valence-corrected chi connectivity index (χ3v) is 6.99. The SMILES string of the molecule is Cc1nc(N[C@H](C)c2cc([N+](=O)[O-])cc(C(F)(F)F)c2)c2cc(C3CCN(CC(=O)OC(C)(C)C)CC3)ccc2n1. The number of halogens is 3. The summed E-state index contributed by atoms with van der Waals surface area (Å²) in [7, 11) is 0. The molecule has 2 heterocycles. The van der Waals surface area contributed by atoms with Crippen LogP contribution in [0.5, 0.6) is 0 Å². The highest BCUT2D eigenvalue weighted by Crippen LogP contribution is 2.36. The fourth-order valence-electron chi connectivity index (χ4n) is 5.05. The van der Waals surface area contributed by atoms with Crippen LogP contribution >= 0.6 is 0 Å². The lowest BCUT2D eigenvalue weighted by Gasteiger charge is -2.32. The third-order valence-electron chi connectivity index (χ3n) is 6.99. The number of anilines is 1. The van der Waals surface area contributed by atoms with Crippen LogP contribution in [-0.4, -0.2) is 51.0 Å². The van der Waals surface area contributed by atoms with Crippen molar-refractivity contribution < 1.29 is 27.6 Å². The van der Waals surface area contributed by atoms with Crippen LogP contribution < -0.4 is 5.32 Å². The number of nitro groups is 1. The summed E-state index contributed by atoms with van der Waals surface area (Å²) >= 11 is 0. The van der Waals surface area contributed by atoms with Gasteiger partial charge in [-0.1, -0.05) is 6.07 Å². The van der Waals surface area contributed by atoms with E-state index in [0.29, 0.717) is 28.6 Å². The van der Waals surface area contributed by atoms with Gasteiger partial charge in [0.05, 0.1) is 28.6 Å². The number of benzene rings is 2. The van der Waals surface area contributed by atoms with E-state index in [0.717, 1.165) is 43.6 Å². The van der Waals surface area contributed by atoms with Crippen LogP contribution in [0.25, 0.3) is 10.9 Å². The number of nitrogens with one attached hydrogen (secondary N) is 1. The number of ether oxygens (including phenoxy) is 1. The average Bonchev–Trinajstić information content (AvgIpc) is 2.87. The second-order valence-corrected chi connectivity index (χ2v) is 11.5. The number of rotatable bonds is 7. The molecule has 1 atom stereocenters. The first-order valence-corrected chi connectivity index (χ1v) is 13.4. The standard InChI is InChI=1S/C29H34F3N5O4/c1-17(21-12-22(29(30,31)32)15-23(13-21)37(39)40)33-27-24-14-20(6-7-25(24)34-18(2)35-27)19-8-10-36(11-9-19)16-26(38)41-28(3,4)5/h6-7,12-15,17,19H,8-11,16H2,1-5H3,(H,33,34,35)/t17-/m1/s1. The Labute approximate surface area is 236 Å². The van der Waals surface area contributed by atoms with E-state index in [9.17, 15) is 28.1 Å². The average molecular weight is 574 g/mol. The molecule has 1 aromatic heterocycles. The van der Waals surface area contributed by atoms with E-state index in [4.69, 9.17) is 4.74 Å². The van der Waals surface area contributed by atoms with Crippen LogP contribution in [0.1, 0.15) is 75.0 Å². The van der Waals surface area contributed by atoms with Gasteiger partial charge in [-0.15, -0.1) is 0 Å². The second kappa shape index (κ2) is 11.6. The maximum atomic E-state index is 13.4. The Morgan fingerprint density at radius 1 is 1.15 bits per heavy atom. The fraction of sp³-hybridized carbons (Fsp3) is 0.483. The number of hydrogen-bond acceptors (Lipinski definition) is 8. The molecular weight excluding hydrogens is 539 g/mol. The number of fused-ring (bicyclic) bond motifs is 1. The largest absolute Gasteiger partial charge is 0.459 e. The number of non-ortho nitro benzene ring substituents is 1. The summed E-state index contributed by atoms with van der Waals surface area (Å²) in [5, 5.41) is 15.2. The number of nitro benzene ring substituents is 1. The fourth-order valence-corrected chi connectivity index (χ4v) is 5.05. The molecule has 0 bridgehead atoms. The van der Waals surface area contributed by atoms with Gasteiger partial charge < -0.3 is 10.1 Å². The van der Waals surface area contributed by atoms with Crippen molar-refractivity contribution in [1.82, 2.24) is 14.9 Å². The highest BCUT2D eigenvalue weighted by molar-refractivity contribution is 5.90. The Kier molecular flexibility index (Phi) is 8.53. The summed E-state index contributed by atoms with van der Waals surface area (Å²) in [4.78, 5) is 33.8. The molecule has 4 rings (SSSR count). The summed E-state index contributed by atoms with van der Waals surface area (Å²) in [6, 6.07) is 7.78. The van der Waals surface area contributed by atoms with Gasteiger partial charge in [-0.3, -0.25) is 19.8 Å². The zero-order chi connectivity index (χ0) is 30.1. The number of carbonyl (C=O) groups is 1. The van der Waals surface area contributed by atoms with Gasteiger partial charge in [0.15, 0.2) is 0 Å². The van der Waals surface area contributed by atoms with Crippen molar-refractivity contribution in [2.45, 2.75) is 71.2 Å². The van der Waals surface area contributed by atoms with Gasteiger partial charge in [-0.25, -0.2) is 9.97 Å². The zero-order valence-electron chi connectivity index (χ0n) is 23.7. The van der Waals surface area contributed by atoms with Crippen LogP contribution in [0.3, 0.4) is 0 Å². The Balaban J connectivity index is 1.55. The minimum atomic E-state index is -4.73. The molecule has 9 nitrogen and oxygen atoms in total. The molecule has 1 aliphatic heterocycles. The van der Waals surface area contributed by atoms with Crippen molar-refractivity contribution in [1.29, 1.82) is 0 Å². The molecule has 0 amide bonds. The molecule has 12 heteroatoms. The van der Waals surface area contributed by atoms with Gasteiger partial charge in [-0.2, -0.15) is 13.2 Å². The molecule has 0 radical (unpaired) electrons. The molecule has 0 spiro atoms. The van der Waals surface area contributed by atoms with E-state index in [1.165, 1.54) is 0 Å². The first-order valence-electron chi connectivity index (χ1n) is 13.4. The molecule has 0 unspecified atom stereocenters. The molecule has 1 saturated heterocycles. The summed E-state index contributed by atoms with van der Waals surface area (Å²) in [5.74, 6) is 0.909. The molecule has 2 aromatic carbocycles. The Bertz CT molecular complexity index is 1450. The molecule has 220 valence electrons. The van der Waals surface area contributed by atoms with Gasteiger partial charge in [0.2, 0.25) is 0 Å². The van der Waals surface area contributed by atoms with Crippen LogP contribution in [0.15, 0.2) is 36.4 Å². The smallest absolute Gasteiger partial charge is 0.416 e. The quantitative estimate of drug-likeness (QED) is 0.192. The van der Waals surface area contributed by atoms with Crippen molar-refractivity contribution in [2.24, 2.45) is 0 Å². The number of esters is 1. The lowest BCUT2D eigenvalue weighted by molar-refractivity contribution is -0.385. The van der Waals surface area contributed by atoms with Gasteiger partial charge in [0, 0.05) is 17.5 Å². The van der Waals surface area contributed by atoms with Crippen LogP contribution in [0.4, 0.5) is 24.7 Å². The van der Waals surface area contributed by atoms with E-state index >= 15 is 0 Å². The molecule has 0 saturated carbocycles. The van der Waals surface area contributed by atoms with Gasteiger partial charge >= 0.3 is 12.1 Å². The Morgan fingerprint density at radius 3 is 2.44 bits per heavy atom. The number of aromatic nitrogens is 2. The monoisotopic (exact) mass is 573 g/mol. The maximum absolute atomic E-state index is 13.4. The Hall–Kier alpha value is -3.80. The van der Waals surface area contributed by atoms with Gasteiger partial charge in [0.1, 0.15) is 17.2 Å². The first-order chi connectivity index (χ1) is 19.1. The number of nitrogens with zero attached hydrogens (tertiary/aromatic N) is 4. The highest BCUT2D eigenvalue weighted by Gasteiger charge is 2.33. The summed E-state index contributed by atoms with van der Waals surface area (Å²) in [5.41, 5.74) is -0.378. The van der Waals surface area contributed by atoms with Crippen LogP contribution in [-0.2, 0) is 15.7 Å². The van der Waals surface area contributed by atoms with Crippen molar-refractivity contribution in [3.63, 3.8) is 0 Å². The molecular formula is C29H34F3N5O4. The molecule has 1 aliphatic rings. The van der Waals surface area contributed by atoms with Crippen molar-refractivity contribution in [3.8, 4) is 0 Å². The van der Waals surface area contributed by atoms with Crippen molar-refractivity contribution in [2.75, 3.05) is 25.0 Å². The van der Waals surface area contributed by atoms with E-state index < -0.39 is 34.0 Å². The molecule has 41 heavy (non-hydrogen) atoms. The normalized spacial score (nSPS) is 16.0. The number of likely N-dealkylation sites (tertiary alicyclic amines) is 1. The first kappa shape index (κ1) is 30.2. The number of carbonyl (C=O) groups excluding carboxylic acids is 1. The highest BCUT2D eigenvalue weighted by atomic mass is 19.4. The summed E-state index contributed by atoms with van der Waals surface area (Å²) < 4.78 is 45.8. The van der Waals surface area contributed by atoms with Gasteiger partial charge in [-0.05, 0) is 95.8 Å².